The van der Waals surface area contributed by atoms with Gasteiger partial charge in [0, 0.05) is 12.6 Å². The van der Waals surface area contributed by atoms with Crippen molar-refractivity contribution in [3.05, 3.63) is 23.8 Å². The van der Waals surface area contributed by atoms with Gasteiger partial charge in [-0.25, -0.2) is 4.98 Å². The minimum atomic E-state index is -4.35. The first-order valence-corrected chi connectivity index (χ1v) is 8.17. The number of rotatable bonds is 5. The van der Waals surface area contributed by atoms with Gasteiger partial charge in [0.1, 0.15) is 0 Å². The van der Waals surface area contributed by atoms with Gasteiger partial charge in [-0.15, -0.1) is 0 Å². The molecule has 3 rings (SSSR count). The van der Waals surface area contributed by atoms with Crippen LogP contribution in [0.1, 0.15) is 18.9 Å². The van der Waals surface area contributed by atoms with Gasteiger partial charge >= 0.3 is 6.18 Å². The molecule has 1 aromatic heterocycles. The predicted octanol–water partition coefficient (Wildman–Crippen LogP) is 3.92. The highest BCUT2D eigenvalue weighted by molar-refractivity contribution is 7.22. The highest BCUT2D eigenvalue weighted by Gasteiger charge is 2.30. The van der Waals surface area contributed by atoms with Crippen LogP contribution in [0.5, 0.6) is 0 Å². The smallest absolute Gasteiger partial charge is 0.379 e. The molecule has 0 bridgehead atoms. The lowest BCUT2D eigenvalue weighted by molar-refractivity contribution is -0.137. The lowest BCUT2D eigenvalue weighted by Gasteiger charge is -2.16. The van der Waals surface area contributed by atoms with E-state index in [2.05, 4.69) is 10.3 Å². The molecule has 2 aromatic rings. The van der Waals surface area contributed by atoms with Crippen LogP contribution in [-0.2, 0) is 15.7 Å². The second-order valence-corrected chi connectivity index (χ2v) is 6.59. The van der Waals surface area contributed by atoms with Gasteiger partial charge in [-0.3, -0.25) is 0 Å². The Morgan fingerprint density at radius 2 is 2.30 bits per heavy atom. The van der Waals surface area contributed by atoms with Gasteiger partial charge in [0.2, 0.25) is 0 Å². The number of benzene rings is 1. The molecule has 1 N–H and O–H groups in total. The third kappa shape index (κ3) is 4.13. The molecular formula is C15H17F3N2O2S. The molecule has 0 saturated carbocycles. The number of hydrogen-bond acceptors (Lipinski definition) is 5. The quantitative estimate of drug-likeness (QED) is 0.891. The Hall–Kier alpha value is -1.38. The molecular weight excluding hydrogens is 329 g/mol. The molecule has 23 heavy (non-hydrogen) atoms. The molecule has 0 aliphatic carbocycles. The van der Waals surface area contributed by atoms with Crippen LogP contribution in [0, 0.1) is 0 Å². The molecule has 8 heteroatoms. The Bertz CT molecular complexity index is 668. The van der Waals surface area contributed by atoms with Crippen LogP contribution in [0.4, 0.5) is 18.3 Å². The number of anilines is 1. The number of halogens is 3. The molecule has 1 fully saturated rings. The van der Waals surface area contributed by atoms with Crippen molar-refractivity contribution in [2.75, 3.05) is 25.1 Å². The minimum Gasteiger partial charge on any atom is -0.379 e. The Balaban J connectivity index is 1.63. The maximum absolute atomic E-state index is 12.7. The molecule has 2 heterocycles. The summed E-state index contributed by atoms with van der Waals surface area (Å²) in [7, 11) is 0. The van der Waals surface area contributed by atoms with Crippen LogP contribution in [-0.4, -0.2) is 37.0 Å². The minimum absolute atomic E-state index is 0.0123. The second kappa shape index (κ2) is 6.62. The van der Waals surface area contributed by atoms with Crippen LogP contribution in [0.3, 0.4) is 0 Å². The van der Waals surface area contributed by atoms with Crippen LogP contribution < -0.4 is 5.32 Å². The van der Waals surface area contributed by atoms with Gasteiger partial charge in [0.25, 0.3) is 0 Å². The van der Waals surface area contributed by atoms with E-state index in [1.807, 2.05) is 6.92 Å². The fourth-order valence-corrected chi connectivity index (χ4v) is 3.30. The molecule has 1 aliphatic heterocycles. The summed E-state index contributed by atoms with van der Waals surface area (Å²) in [4.78, 5) is 4.23. The number of hydrogen-bond donors (Lipinski definition) is 1. The lowest BCUT2D eigenvalue weighted by atomic mass is 10.2. The van der Waals surface area contributed by atoms with Crippen molar-refractivity contribution in [3.63, 3.8) is 0 Å². The fraction of sp³-hybridized carbons (Fsp3) is 0.533. The molecule has 1 aliphatic rings. The molecule has 4 nitrogen and oxygen atoms in total. The first-order valence-electron chi connectivity index (χ1n) is 7.35. The highest BCUT2D eigenvalue weighted by Crippen LogP contribution is 2.34. The molecule has 2 atom stereocenters. The van der Waals surface area contributed by atoms with Gasteiger partial charge in [-0.05, 0) is 31.5 Å². The molecule has 0 radical (unpaired) electrons. The summed E-state index contributed by atoms with van der Waals surface area (Å²) in [6.07, 6.45) is -3.33. The van der Waals surface area contributed by atoms with E-state index < -0.39 is 11.7 Å². The van der Waals surface area contributed by atoms with Crippen molar-refractivity contribution in [2.45, 2.75) is 31.7 Å². The van der Waals surface area contributed by atoms with Gasteiger partial charge in [0.15, 0.2) is 5.13 Å². The van der Waals surface area contributed by atoms with Crippen LogP contribution >= 0.6 is 11.3 Å². The number of thiazole rings is 1. The van der Waals surface area contributed by atoms with Crippen molar-refractivity contribution >= 4 is 26.7 Å². The number of fused-ring (bicyclic) bond motifs is 1. The Labute approximate surface area is 135 Å². The Kier molecular flexibility index (Phi) is 4.74. The predicted molar refractivity (Wildman–Crippen MR) is 82.9 cm³/mol. The monoisotopic (exact) mass is 346 g/mol. The lowest BCUT2D eigenvalue weighted by Crippen LogP contribution is -2.25. The van der Waals surface area contributed by atoms with E-state index >= 15 is 0 Å². The number of nitrogens with one attached hydrogen (secondary N) is 1. The summed E-state index contributed by atoms with van der Waals surface area (Å²) >= 11 is 1.33. The molecule has 0 spiro atoms. The van der Waals surface area contributed by atoms with Crippen molar-refractivity contribution in [1.82, 2.24) is 4.98 Å². The molecule has 2 unspecified atom stereocenters. The van der Waals surface area contributed by atoms with Gasteiger partial charge in [-0.1, -0.05) is 11.3 Å². The molecule has 1 saturated heterocycles. The topological polar surface area (TPSA) is 43.4 Å². The van der Waals surface area contributed by atoms with Gasteiger partial charge < -0.3 is 14.8 Å². The van der Waals surface area contributed by atoms with E-state index in [9.17, 15) is 13.2 Å². The first kappa shape index (κ1) is 16.5. The van der Waals surface area contributed by atoms with Crippen LogP contribution in [0.2, 0.25) is 0 Å². The summed E-state index contributed by atoms with van der Waals surface area (Å²) < 4.78 is 49.8. The normalized spacial score (nSPS) is 20.1. The zero-order valence-corrected chi connectivity index (χ0v) is 13.3. The number of ether oxygens (including phenoxy) is 2. The fourth-order valence-electron chi connectivity index (χ4n) is 2.34. The van der Waals surface area contributed by atoms with E-state index in [4.69, 9.17) is 9.47 Å². The molecule has 126 valence electrons. The summed E-state index contributed by atoms with van der Waals surface area (Å²) in [5, 5.41) is 3.77. The van der Waals surface area contributed by atoms with E-state index in [1.54, 1.807) is 0 Å². The Morgan fingerprint density at radius 1 is 1.48 bits per heavy atom. The van der Waals surface area contributed by atoms with Crippen molar-refractivity contribution in [1.29, 1.82) is 0 Å². The van der Waals surface area contributed by atoms with Crippen LogP contribution in [0.25, 0.3) is 10.2 Å². The maximum Gasteiger partial charge on any atom is 0.416 e. The molecule has 0 amide bonds. The zero-order valence-electron chi connectivity index (χ0n) is 12.5. The van der Waals surface area contributed by atoms with Crippen LogP contribution in [0.15, 0.2) is 18.2 Å². The second-order valence-electron chi connectivity index (χ2n) is 5.56. The van der Waals surface area contributed by atoms with E-state index in [0.29, 0.717) is 23.9 Å². The van der Waals surface area contributed by atoms with Gasteiger partial charge in [-0.2, -0.15) is 13.2 Å². The number of alkyl halides is 3. The zero-order chi connectivity index (χ0) is 16.4. The van der Waals surface area contributed by atoms with Crippen molar-refractivity contribution in [3.8, 4) is 0 Å². The number of aromatic nitrogens is 1. The third-order valence-electron chi connectivity index (χ3n) is 3.55. The molecule has 1 aromatic carbocycles. The summed E-state index contributed by atoms with van der Waals surface area (Å²) in [5.74, 6) is 0. The Morgan fingerprint density at radius 3 is 3.00 bits per heavy atom. The van der Waals surface area contributed by atoms with Crippen molar-refractivity contribution < 1.29 is 22.6 Å². The van der Waals surface area contributed by atoms with E-state index in [0.717, 1.165) is 29.9 Å². The average Bonchev–Trinajstić information content (AvgIpc) is 3.12. The third-order valence-corrected chi connectivity index (χ3v) is 4.52. The van der Waals surface area contributed by atoms with E-state index in [1.165, 1.54) is 17.4 Å². The summed E-state index contributed by atoms with van der Waals surface area (Å²) in [6, 6.07) is 3.63. The van der Waals surface area contributed by atoms with E-state index in [-0.39, 0.29) is 12.1 Å². The standard InChI is InChI=1S/C15H17F3N2O2S/c1-9(7-22-11-4-5-21-8-11)19-14-20-12-6-10(15(16,17)18)2-3-13(12)23-14/h2-3,6,9,11H,4-5,7-8H2,1H3,(H,19,20). The summed E-state index contributed by atoms with van der Waals surface area (Å²) in [5.41, 5.74) is -0.330. The average molecular weight is 346 g/mol. The maximum atomic E-state index is 12.7. The van der Waals surface area contributed by atoms with Crippen molar-refractivity contribution in [2.24, 2.45) is 0 Å². The largest absolute Gasteiger partial charge is 0.416 e. The van der Waals surface area contributed by atoms with Gasteiger partial charge in [0.05, 0.1) is 35.1 Å². The highest BCUT2D eigenvalue weighted by atomic mass is 32.1. The first-order chi connectivity index (χ1) is 10.9. The SMILES string of the molecule is CC(COC1CCOC1)Nc1nc2cc(C(F)(F)F)ccc2s1. The number of nitrogens with zero attached hydrogens (tertiary/aromatic N) is 1. The summed E-state index contributed by atoms with van der Waals surface area (Å²) in [6.45, 7) is 3.79.